The number of halogens is 1. The summed E-state index contributed by atoms with van der Waals surface area (Å²) in [4.78, 5) is 17.4. The maximum absolute atomic E-state index is 13.3. The number of pyridine rings is 2. The smallest absolute Gasteiger partial charge is 0.265 e. The fourth-order valence-electron chi connectivity index (χ4n) is 4.20. The van der Waals surface area contributed by atoms with Gasteiger partial charge in [0.25, 0.3) is 0 Å². The van der Waals surface area contributed by atoms with Gasteiger partial charge in [0.1, 0.15) is 0 Å². The first kappa shape index (κ1) is 23.3. The Kier molecular flexibility index (Phi) is 6.23. The molecule has 7 nitrogen and oxygen atoms in total. The molecule has 2 aromatic carbocycles. The molecule has 0 atom stereocenters. The summed E-state index contributed by atoms with van der Waals surface area (Å²) in [6.45, 7) is 0.353. The SMILES string of the molecule is C.O=c1n(Cc2ccc(-n3cccn3)cc2)nc2c(-c3ccncc3)c(-c3ccc(Cl)cc3)ccn12. The molecule has 0 saturated carbocycles. The minimum absolute atomic E-state index is 0. The Morgan fingerprint density at radius 1 is 0.806 bits per heavy atom. The van der Waals surface area contributed by atoms with Gasteiger partial charge in [-0.3, -0.25) is 4.98 Å². The highest BCUT2D eigenvalue weighted by Gasteiger charge is 2.17. The number of rotatable bonds is 5. The number of fused-ring (bicyclic) bond motifs is 1. The second kappa shape index (κ2) is 9.64. The van der Waals surface area contributed by atoms with E-state index in [1.54, 1.807) is 33.9 Å². The van der Waals surface area contributed by atoms with Gasteiger partial charge in [0, 0.05) is 41.6 Å². The topological polar surface area (TPSA) is 70.0 Å². The first-order valence-corrected chi connectivity index (χ1v) is 11.4. The van der Waals surface area contributed by atoms with Crippen molar-refractivity contribution in [3.05, 3.63) is 125 Å². The molecule has 0 radical (unpaired) electrons. The highest BCUT2D eigenvalue weighted by molar-refractivity contribution is 6.30. The van der Waals surface area contributed by atoms with Crippen LogP contribution in [-0.4, -0.2) is 28.9 Å². The normalized spacial score (nSPS) is 10.9. The van der Waals surface area contributed by atoms with Crippen LogP contribution in [0.4, 0.5) is 0 Å². The highest BCUT2D eigenvalue weighted by atomic mass is 35.5. The molecule has 0 spiro atoms. The van der Waals surface area contributed by atoms with Crippen molar-refractivity contribution in [1.29, 1.82) is 0 Å². The van der Waals surface area contributed by atoms with E-state index in [4.69, 9.17) is 16.7 Å². The second-order valence-electron chi connectivity index (χ2n) is 8.10. The van der Waals surface area contributed by atoms with Gasteiger partial charge >= 0.3 is 5.69 Å². The predicted octanol–water partition coefficient (Wildman–Crippen LogP) is 5.75. The summed E-state index contributed by atoms with van der Waals surface area (Å²) in [6, 6.07) is 23.2. The third-order valence-electron chi connectivity index (χ3n) is 5.92. The Bertz CT molecular complexity index is 1670. The van der Waals surface area contributed by atoms with Crippen LogP contribution in [0, 0.1) is 0 Å². The molecule has 0 fully saturated rings. The van der Waals surface area contributed by atoms with E-state index in [1.165, 1.54) is 4.68 Å². The maximum Gasteiger partial charge on any atom is 0.350 e. The first-order chi connectivity index (χ1) is 17.2. The van der Waals surface area contributed by atoms with E-state index in [0.29, 0.717) is 17.2 Å². The molecule has 0 unspecified atom stereocenters. The summed E-state index contributed by atoms with van der Waals surface area (Å²) >= 11 is 6.12. The standard InChI is InChI=1S/C27H19ClN6O.CH4/c28-22-6-4-20(5-7-22)24-12-17-32-26(25(24)21-10-14-29-15-11-21)31-34(27(32)35)18-19-2-8-23(9-3-19)33-16-1-13-30-33;/h1-17H,18H2;1H4. The third-order valence-corrected chi connectivity index (χ3v) is 6.17. The van der Waals surface area contributed by atoms with Gasteiger partial charge in [0.15, 0.2) is 5.65 Å². The Labute approximate surface area is 212 Å². The lowest BCUT2D eigenvalue weighted by molar-refractivity contribution is 0.658. The van der Waals surface area contributed by atoms with Crippen LogP contribution in [0.25, 0.3) is 33.6 Å². The van der Waals surface area contributed by atoms with Crippen LogP contribution in [0.3, 0.4) is 0 Å². The quantitative estimate of drug-likeness (QED) is 0.306. The van der Waals surface area contributed by atoms with Crippen molar-refractivity contribution in [3.63, 3.8) is 0 Å². The number of nitrogens with zero attached hydrogens (tertiary/aromatic N) is 6. The van der Waals surface area contributed by atoms with Gasteiger partial charge in [0.2, 0.25) is 0 Å². The third kappa shape index (κ3) is 4.21. The summed E-state index contributed by atoms with van der Waals surface area (Å²) in [5, 5.41) is 9.68. The summed E-state index contributed by atoms with van der Waals surface area (Å²) in [7, 11) is 0. The predicted molar refractivity (Wildman–Crippen MR) is 143 cm³/mol. The second-order valence-corrected chi connectivity index (χ2v) is 8.53. The molecule has 4 heterocycles. The summed E-state index contributed by atoms with van der Waals surface area (Å²) in [5.74, 6) is 0. The van der Waals surface area contributed by atoms with Crippen LogP contribution in [0.2, 0.25) is 5.02 Å². The molecule has 0 aliphatic rings. The number of hydrogen-bond donors (Lipinski definition) is 0. The van der Waals surface area contributed by atoms with Crippen molar-refractivity contribution in [2.24, 2.45) is 0 Å². The molecule has 0 bridgehead atoms. The van der Waals surface area contributed by atoms with Gasteiger partial charge < -0.3 is 0 Å². The summed E-state index contributed by atoms with van der Waals surface area (Å²) in [6.07, 6.45) is 8.88. The zero-order valence-corrected chi connectivity index (χ0v) is 19.2. The zero-order valence-electron chi connectivity index (χ0n) is 18.5. The van der Waals surface area contributed by atoms with Crippen LogP contribution in [0.1, 0.15) is 13.0 Å². The molecule has 6 rings (SSSR count). The molecule has 4 aromatic heterocycles. The van der Waals surface area contributed by atoms with Crippen LogP contribution in [0.5, 0.6) is 0 Å². The molecule has 8 heteroatoms. The van der Waals surface area contributed by atoms with E-state index in [1.807, 2.05) is 79.0 Å². The van der Waals surface area contributed by atoms with Crippen molar-refractivity contribution in [2.45, 2.75) is 14.0 Å². The van der Waals surface area contributed by atoms with Gasteiger partial charge in [-0.2, -0.15) is 5.10 Å². The first-order valence-electron chi connectivity index (χ1n) is 11.0. The molecular weight excluding hydrogens is 472 g/mol. The largest absolute Gasteiger partial charge is 0.350 e. The molecular formula is C28H23ClN6O. The van der Waals surface area contributed by atoms with Gasteiger partial charge in [-0.05, 0) is 70.8 Å². The summed E-state index contributed by atoms with van der Waals surface area (Å²) in [5.41, 5.74) is 6.04. The molecule has 0 aliphatic carbocycles. The molecule has 0 aliphatic heterocycles. The van der Waals surface area contributed by atoms with Crippen LogP contribution >= 0.6 is 11.6 Å². The maximum atomic E-state index is 13.3. The monoisotopic (exact) mass is 494 g/mol. The van der Waals surface area contributed by atoms with E-state index in [0.717, 1.165) is 33.5 Å². The van der Waals surface area contributed by atoms with Gasteiger partial charge in [-0.25, -0.2) is 18.6 Å². The molecule has 178 valence electrons. The van der Waals surface area contributed by atoms with Crippen molar-refractivity contribution < 1.29 is 0 Å². The lowest BCUT2D eigenvalue weighted by atomic mass is 9.96. The van der Waals surface area contributed by atoms with E-state index < -0.39 is 0 Å². The lowest BCUT2D eigenvalue weighted by Crippen LogP contribution is -2.21. The molecule has 0 N–H and O–H groups in total. The average Bonchev–Trinajstić information content (AvgIpc) is 3.54. The molecule has 0 saturated heterocycles. The minimum Gasteiger partial charge on any atom is -0.265 e. The van der Waals surface area contributed by atoms with Gasteiger partial charge in [0.05, 0.1) is 12.2 Å². The molecule has 0 amide bonds. The van der Waals surface area contributed by atoms with Crippen molar-refractivity contribution in [1.82, 2.24) is 28.9 Å². The molecule has 6 aromatic rings. The van der Waals surface area contributed by atoms with E-state index >= 15 is 0 Å². The van der Waals surface area contributed by atoms with Crippen molar-refractivity contribution in [3.8, 4) is 27.9 Å². The Balaban J connectivity index is 0.00000267. The van der Waals surface area contributed by atoms with Gasteiger partial charge in [-0.15, -0.1) is 5.10 Å². The van der Waals surface area contributed by atoms with Gasteiger partial charge in [-0.1, -0.05) is 43.3 Å². The van der Waals surface area contributed by atoms with E-state index in [9.17, 15) is 4.79 Å². The van der Waals surface area contributed by atoms with Crippen LogP contribution in [0.15, 0.2) is 109 Å². The molecule has 36 heavy (non-hydrogen) atoms. The number of aromatic nitrogens is 6. The fraction of sp³-hybridized carbons (Fsp3) is 0.0714. The minimum atomic E-state index is -0.200. The van der Waals surface area contributed by atoms with Crippen LogP contribution in [-0.2, 0) is 6.54 Å². The highest BCUT2D eigenvalue weighted by Crippen LogP contribution is 2.34. The Hall–Kier alpha value is -4.49. The number of hydrogen-bond acceptors (Lipinski definition) is 4. The van der Waals surface area contributed by atoms with Crippen molar-refractivity contribution in [2.75, 3.05) is 0 Å². The fourth-order valence-corrected chi connectivity index (χ4v) is 4.33. The van der Waals surface area contributed by atoms with Crippen LogP contribution < -0.4 is 5.69 Å². The summed E-state index contributed by atoms with van der Waals surface area (Å²) < 4.78 is 4.88. The average molecular weight is 495 g/mol. The Morgan fingerprint density at radius 3 is 2.25 bits per heavy atom. The Morgan fingerprint density at radius 2 is 1.56 bits per heavy atom. The van der Waals surface area contributed by atoms with E-state index in [2.05, 4.69) is 10.1 Å². The van der Waals surface area contributed by atoms with Crippen molar-refractivity contribution >= 4 is 17.2 Å². The zero-order chi connectivity index (χ0) is 23.8. The number of benzene rings is 2. The van der Waals surface area contributed by atoms with E-state index in [-0.39, 0.29) is 13.1 Å². The lowest BCUT2D eigenvalue weighted by Gasteiger charge is -2.11.